The highest BCUT2D eigenvalue weighted by molar-refractivity contribution is 8.03. The fourth-order valence-electron chi connectivity index (χ4n) is 1.50. The summed E-state index contributed by atoms with van der Waals surface area (Å²) < 4.78 is 13.4. The molecule has 3 nitrogen and oxygen atoms in total. The third-order valence-electron chi connectivity index (χ3n) is 2.39. The molecule has 5 heteroatoms. The van der Waals surface area contributed by atoms with Gasteiger partial charge >= 0.3 is 0 Å². The van der Waals surface area contributed by atoms with E-state index in [9.17, 15) is 9.18 Å². The predicted molar refractivity (Wildman–Crippen MR) is 72.3 cm³/mol. The van der Waals surface area contributed by atoms with Gasteiger partial charge in [0.2, 0.25) is 0 Å². The lowest BCUT2D eigenvalue weighted by atomic mass is 10.2. The zero-order valence-electron chi connectivity index (χ0n) is 9.76. The van der Waals surface area contributed by atoms with Crippen LogP contribution in [0.25, 0.3) is 0 Å². The Balaban J connectivity index is 2.11. The van der Waals surface area contributed by atoms with Gasteiger partial charge in [0.1, 0.15) is 11.2 Å². The van der Waals surface area contributed by atoms with Gasteiger partial charge < -0.3 is 5.32 Å². The number of hydrogen-bond acceptors (Lipinski definition) is 3. The first-order valence-corrected chi connectivity index (χ1v) is 6.24. The van der Waals surface area contributed by atoms with Crippen molar-refractivity contribution in [1.82, 2.24) is 0 Å². The molecule has 0 aliphatic rings. The van der Waals surface area contributed by atoms with Crippen molar-refractivity contribution < 1.29 is 9.18 Å². The number of hydrogen-bond donors (Lipinski definition) is 1. The van der Waals surface area contributed by atoms with Gasteiger partial charge in [0.15, 0.2) is 0 Å². The fraction of sp³-hybridized carbons (Fsp3) is 0. The number of nitrogens with zero attached hydrogens (tertiary/aromatic N) is 1. The van der Waals surface area contributed by atoms with E-state index in [4.69, 9.17) is 5.26 Å². The van der Waals surface area contributed by atoms with Gasteiger partial charge in [0.05, 0.1) is 5.56 Å². The van der Waals surface area contributed by atoms with Crippen molar-refractivity contribution in [2.24, 2.45) is 0 Å². The molecule has 0 radical (unpaired) electrons. The van der Waals surface area contributed by atoms with E-state index in [2.05, 4.69) is 5.32 Å². The molecular weight excluding hydrogens is 263 g/mol. The van der Waals surface area contributed by atoms with E-state index < -0.39 is 11.7 Å². The number of amides is 1. The van der Waals surface area contributed by atoms with Gasteiger partial charge in [-0.1, -0.05) is 12.1 Å². The van der Waals surface area contributed by atoms with Crippen LogP contribution in [0.1, 0.15) is 10.4 Å². The lowest BCUT2D eigenvalue weighted by molar-refractivity contribution is 0.102. The Morgan fingerprint density at radius 3 is 2.47 bits per heavy atom. The molecule has 0 atom stereocenters. The average Bonchev–Trinajstić information content (AvgIpc) is 2.42. The molecular formula is C14H9FN2OS. The van der Waals surface area contributed by atoms with Gasteiger partial charge in [0, 0.05) is 10.6 Å². The topological polar surface area (TPSA) is 52.9 Å². The zero-order chi connectivity index (χ0) is 13.7. The van der Waals surface area contributed by atoms with Crippen molar-refractivity contribution in [2.45, 2.75) is 4.90 Å². The van der Waals surface area contributed by atoms with E-state index in [1.54, 1.807) is 30.3 Å². The second kappa shape index (κ2) is 6.03. The second-order valence-electron chi connectivity index (χ2n) is 3.65. The van der Waals surface area contributed by atoms with E-state index in [0.29, 0.717) is 5.69 Å². The van der Waals surface area contributed by atoms with Crippen LogP contribution in [0, 0.1) is 16.5 Å². The summed E-state index contributed by atoms with van der Waals surface area (Å²) in [4.78, 5) is 12.6. The quantitative estimate of drug-likeness (QED) is 0.685. The van der Waals surface area contributed by atoms with Gasteiger partial charge in [-0.2, -0.15) is 5.26 Å². The number of thioether (sulfide) groups is 1. The van der Waals surface area contributed by atoms with Crippen LogP contribution in [-0.2, 0) is 0 Å². The van der Waals surface area contributed by atoms with E-state index in [0.717, 1.165) is 16.7 Å². The third kappa shape index (κ3) is 3.33. The summed E-state index contributed by atoms with van der Waals surface area (Å²) in [5.74, 6) is -1.06. The number of carbonyl (C=O) groups is 1. The molecule has 0 saturated carbocycles. The SMILES string of the molecule is N#CSc1ccc(NC(=O)c2ccccc2F)cc1. The van der Waals surface area contributed by atoms with Crippen LogP contribution in [0.4, 0.5) is 10.1 Å². The van der Waals surface area contributed by atoms with E-state index in [1.807, 2.05) is 5.40 Å². The Morgan fingerprint density at radius 2 is 1.84 bits per heavy atom. The lowest BCUT2D eigenvalue weighted by Gasteiger charge is -2.06. The normalized spacial score (nSPS) is 9.68. The highest BCUT2D eigenvalue weighted by Gasteiger charge is 2.10. The van der Waals surface area contributed by atoms with Crippen molar-refractivity contribution in [2.75, 3.05) is 5.32 Å². The summed E-state index contributed by atoms with van der Waals surface area (Å²) in [7, 11) is 0. The van der Waals surface area contributed by atoms with Crippen molar-refractivity contribution in [3.05, 3.63) is 59.9 Å². The Bertz CT molecular complexity index is 635. The maximum Gasteiger partial charge on any atom is 0.258 e. The third-order valence-corrected chi connectivity index (χ3v) is 2.99. The first-order valence-electron chi connectivity index (χ1n) is 5.42. The number of nitrogens with one attached hydrogen (secondary N) is 1. The lowest BCUT2D eigenvalue weighted by Crippen LogP contribution is -2.13. The minimum absolute atomic E-state index is 0.00187. The average molecular weight is 272 g/mol. The van der Waals surface area contributed by atoms with Crippen LogP contribution < -0.4 is 5.32 Å². The molecule has 0 aromatic heterocycles. The number of carbonyl (C=O) groups excluding carboxylic acids is 1. The molecule has 0 unspecified atom stereocenters. The van der Waals surface area contributed by atoms with Crippen LogP contribution in [-0.4, -0.2) is 5.91 Å². The number of benzene rings is 2. The molecule has 19 heavy (non-hydrogen) atoms. The first-order chi connectivity index (χ1) is 9.20. The minimum Gasteiger partial charge on any atom is -0.322 e. The maximum atomic E-state index is 13.4. The largest absolute Gasteiger partial charge is 0.322 e. The zero-order valence-corrected chi connectivity index (χ0v) is 10.6. The number of halogens is 1. The number of nitriles is 1. The van der Waals surface area contributed by atoms with Crippen LogP contribution in [0.15, 0.2) is 53.4 Å². The molecule has 94 valence electrons. The van der Waals surface area contributed by atoms with Crippen LogP contribution in [0.5, 0.6) is 0 Å². The summed E-state index contributed by atoms with van der Waals surface area (Å²) in [6.07, 6.45) is 0. The smallest absolute Gasteiger partial charge is 0.258 e. The second-order valence-corrected chi connectivity index (χ2v) is 4.51. The van der Waals surface area contributed by atoms with Gasteiger partial charge in [-0.05, 0) is 48.2 Å². The summed E-state index contributed by atoms with van der Waals surface area (Å²) >= 11 is 1.03. The number of rotatable bonds is 3. The van der Waals surface area contributed by atoms with Crippen molar-refractivity contribution in [1.29, 1.82) is 5.26 Å². The summed E-state index contributed by atoms with van der Waals surface area (Å²) in [6.45, 7) is 0. The van der Waals surface area contributed by atoms with E-state index in [-0.39, 0.29) is 5.56 Å². The van der Waals surface area contributed by atoms with Gasteiger partial charge in [-0.25, -0.2) is 4.39 Å². The Morgan fingerprint density at radius 1 is 1.16 bits per heavy atom. The van der Waals surface area contributed by atoms with Crippen LogP contribution >= 0.6 is 11.8 Å². The maximum absolute atomic E-state index is 13.4. The standard InChI is InChI=1S/C14H9FN2OS/c15-13-4-2-1-3-12(13)14(18)17-10-5-7-11(8-6-10)19-9-16/h1-8H,(H,17,18). The summed E-state index contributed by atoms with van der Waals surface area (Å²) in [5.41, 5.74) is 0.550. The van der Waals surface area contributed by atoms with E-state index >= 15 is 0 Å². The molecule has 1 N–H and O–H groups in total. The molecule has 0 aliphatic heterocycles. The van der Waals surface area contributed by atoms with Crippen LogP contribution in [0.3, 0.4) is 0 Å². The molecule has 2 rings (SSSR count). The molecule has 0 bridgehead atoms. The fourth-order valence-corrected chi connectivity index (χ4v) is 1.88. The Hall–Kier alpha value is -2.32. The minimum atomic E-state index is -0.559. The molecule has 0 aliphatic carbocycles. The van der Waals surface area contributed by atoms with Crippen molar-refractivity contribution >= 4 is 23.4 Å². The van der Waals surface area contributed by atoms with Crippen molar-refractivity contribution in [3.63, 3.8) is 0 Å². The van der Waals surface area contributed by atoms with Gasteiger partial charge in [0.25, 0.3) is 5.91 Å². The predicted octanol–water partition coefficient (Wildman–Crippen LogP) is 3.65. The summed E-state index contributed by atoms with van der Waals surface area (Å²) in [6, 6.07) is 12.5. The molecule has 0 fully saturated rings. The number of thiocyanates is 1. The molecule has 1 amide bonds. The Labute approximate surface area is 114 Å². The van der Waals surface area contributed by atoms with Gasteiger partial charge in [-0.15, -0.1) is 0 Å². The summed E-state index contributed by atoms with van der Waals surface area (Å²) in [5, 5.41) is 13.1. The highest BCUT2D eigenvalue weighted by Crippen LogP contribution is 2.19. The molecule has 0 heterocycles. The monoisotopic (exact) mass is 272 g/mol. The Kier molecular flexibility index (Phi) is 4.16. The number of anilines is 1. The first kappa shape index (κ1) is 13.1. The van der Waals surface area contributed by atoms with Crippen LogP contribution in [0.2, 0.25) is 0 Å². The molecule has 0 saturated heterocycles. The molecule has 2 aromatic rings. The van der Waals surface area contributed by atoms with Crippen molar-refractivity contribution in [3.8, 4) is 5.40 Å². The highest BCUT2D eigenvalue weighted by atomic mass is 32.2. The molecule has 2 aromatic carbocycles. The van der Waals surface area contributed by atoms with Gasteiger partial charge in [-0.3, -0.25) is 4.79 Å². The van der Waals surface area contributed by atoms with E-state index in [1.165, 1.54) is 18.2 Å². The molecule has 0 spiro atoms.